The van der Waals surface area contributed by atoms with Crippen molar-refractivity contribution in [3.05, 3.63) is 54.1 Å². The standard InChI is InChI=1S/C19H19N5O/c1-12-23-18-15(4-3-8-20-18)19(24-12)21-9-7-13-11-22-17-6-5-14(25-2)10-16(13)17/h3-6,8,10-11,22H,7,9H2,1-2H3,(H,20,21,23,24). The van der Waals surface area contributed by atoms with Crippen molar-refractivity contribution in [1.82, 2.24) is 19.9 Å². The number of nitrogens with one attached hydrogen (secondary N) is 2. The maximum absolute atomic E-state index is 5.33. The Labute approximate surface area is 145 Å². The maximum Gasteiger partial charge on any atom is 0.164 e. The molecule has 0 atom stereocenters. The van der Waals surface area contributed by atoms with E-state index < -0.39 is 0 Å². The monoisotopic (exact) mass is 333 g/mol. The van der Waals surface area contributed by atoms with Gasteiger partial charge >= 0.3 is 0 Å². The second kappa shape index (κ2) is 6.39. The van der Waals surface area contributed by atoms with E-state index >= 15 is 0 Å². The molecule has 0 saturated carbocycles. The van der Waals surface area contributed by atoms with E-state index in [0.29, 0.717) is 11.5 Å². The van der Waals surface area contributed by atoms with Gasteiger partial charge in [-0.25, -0.2) is 15.0 Å². The van der Waals surface area contributed by atoms with Gasteiger partial charge in [0.1, 0.15) is 17.4 Å². The molecule has 6 heteroatoms. The van der Waals surface area contributed by atoms with Crippen LogP contribution in [-0.4, -0.2) is 33.6 Å². The fraction of sp³-hybridized carbons (Fsp3) is 0.211. The van der Waals surface area contributed by atoms with Gasteiger partial charge in [-0.05, 0) is 49.2 Å². The van der Waals surface area contributed by atoms with Gasteiger partial charge in [0.15, 0.2) is 5.65 Å². The van der Waals surface area contributed by atoms with Crippen LogP contribution in [0.5, 0.6) is 5.75 Å². The van der Waals surface area contributed by atoms with E-state index in [1.807, 2.05) is 31.2 Å². The van der Waals surface area contributed by atoms with Crippen LogP contribution >= 0.6 is 0 Å². The fourth-order valence-electron chi connectivity index (χ4n) is 3.01. The molecule has 0 aliphatic heterocycles. The number of H-pyrrole nitrogens is 1. The molecule has 0 amide bonds. The number of anilines is 1. The Morgan fingerprint density at radius 3 is 2.96 bits per heavy atom. The highest BCUT2D eigenvalue weighted by Gasteiger charge is 2.08. The summed E-state index contributed by atoms with van der Waals surface area (Å²) in [6.45, 7) is 2.65. The number of pyridine rings is 1. The third-order valence-electron chi connectivity index (χ3n) is 4.24. The van der Waals surface area contributed by atoms with Crippen LogP contribution in [0.4, 0.5) is 5.82 Å². The van der Waals surface area contributed by atoms with Gasteiger partial charge in [-0.2, -0.15) is 0 Å². The molecule has 3 heterocycles. The van der Waals surface area contributed by atoms with Gasteiger partial charge in [0.25, 0.3) is 0 Å². The van der Waals surface area contributed by atoms with Crippen molar-refractivity contribution < 1.29 is 4.74 Å². The van der Waals surface area contributed by atoms with Crippen molar-refractivity contribution in [3.63, 3.8) is 0 Å². The van der Waals surface area contributed by atoms with Crippen LogP contribution in [0, 0.1) is 6.92 Å². The number of rotatable bonds is 5. The fourth-order valence-corrected chi connectivity index (χ4v) is 3.01. The number of benzene rings is 1. The van der Waals surface area contributed by atoms with Crippen LogP contribution in [0.2, 0.25) is 0 Å². The Morgan fingerprint density at radius 1 is 1.16 bits per heavy atom. The Kier molecular flexibility index (Phi) is 3.93. The van der Waals surface area contributed by atoms with Crippen LogP contribution in [-0.2, 0) is 6.42 Å². The quantitative estimate of drug-likeness (QED) is 0.585. The van der Waals surface area contributed by atoms with Gasteiger partial charge in [0.2, 0.25) is 0 Å². The van der Waals surface area contributed by atoms with Gasteiger partial charge in [0.05, 0.1) is 12.5 Å². The zero-order chi connectivity index (χ0) is 17.2. The van der Waals surface area contributed by atoms with Gasteiger partial charge in [-0.1, -0.05) is 0 Å². The van der Waals surface area contributed by atoms with E-state index in [1.54, 1.807) is 13.3 Å². The summed E-state index contributed by atoms with van der Waals surface area (Å²) in [5.74, 6) is 2.41. The van der Waals surface area contributed by atoms with Crippen LogP contribution in [0.1, 0.15) is 11.4 Å². The molecule has 1 aromatic carbocycles. The Morgan fingerprint density at radius 2 is 2.08 bits per heavy atom. The molecule has 3 aromatic heterocycles. The first-order valence-electron chi connectivity index (χ1n) is 8.22. The molecule has 4 aromatic rings. The molecule has 0 radical (unpaired) electrons. The Hall–Kier alpha value is -3.15. The summed E-state index contributed by atoms with van der Waals surface area (Å²) in [6, 6.07) is 9.95. The minimum atomic E-state index is 0.713. The number of hydrogen-bond acceptors (Lipinski definition) is 5. The number of aryl methyl sites for hydroxylation is 1. The van der Waals surface area contributed by atoms with E-state index in [4.69, 9.17) is 4.74 Å². The van der Waals surface area contributed by atoms with Gasteiger partial charge in [-0.15, -0.1) is 0 Å². The second-order valence-corrected chi connectivity index (χ2v) is 5.90. The van der Waals surface area contributed by atoms with E-state index in [9.17, 15) is 0 Å². The molecule has 0 aliphatic carbocycles. The predicted octanol–water partition coefficient (Wildman–Crippen LogP) is 3.48. The zero-order valence-corrected chi connectivity index (χ0v) is 14.2. The number of hydrogen-bond donors (Lipinski definition) is 2. The van der Waals surface area contributed by atoms with Crippen molar-refractivity contribution in [2.75, 3.05) is 19.0 Å². The predicted molar refractivity (Wildman–Crippen MR) is 99.1 cm³/mol. The highest BCUT2D eigenvalue weighted by molar-refractivity contribution is 5.86. The van der Waals surface area contributed by atoms with Gasteiger partial charge in [-0.3, -0.25) is 0 Å². The lowest BCUT2D eigenvalue weighted by atomic mass is 10.1. The molecule has 0 bridgehead atoms. The smallest absolute Gasteiger partial charge is 0.164 e. The molecule has 6 nitrogen and oxygen atoms in total. The maximum atomic E-state index is 5.33. The molecular weight excluding hydrogens is 314 g/mol. The average Bonchev–Trinajstić information content (AvgIpc) is 3.03. The first-order chi connectivity index (χ1) is 12.2. The lowest BCUT2D eigenvalue weighted by molar-refractivity contribution is 0.415. The number of aromatic amines is 1. The number of aromatic nitrogens is 4. The lowest BCUT2D eigenvalue weighted by Crippen LogP contribution is -2.08. The van der Waals surface area contributed by atoms with Crippen molar-refractivity contribution >= 4 is 27.8 Å². The molecular formula is C19H19N5O. The van der Waals surface area contributed by atoms with E-state index in [2.05, 4.69) is 37.5 Å². The lowest BCUT2D eigenvalue weighted by Gasteiger charge is -2.09. The molecule has 25 heavy (non-hydrogen) atoms. The molecule has 0 saturated heterocycles. The summed E-state index contributed by atoms with van der Waals surface area (Å²) in [7, 11) is 1.69. The van der Waals surface area contributed by atoms with Gasteiger partial charge < -0.3 is 15.0 Å². The molecule has 4 rings (SSSR count). The van der Waals surface area contributed by atoms with Crippen molar-refractivity contribution in [2.45, 2.75) is 13.3 Å². The molecule has 0 spiro atoms. The number of nitrogens with zero attached hydrogens (tertiary/aromatic N) is 3. The summed E-state index contributed by atoms with van der Waals surface area (Å²) < 4.78 is 5.33. The third kappa shape index (κ3) is 2.98. The SMILES string of the molecule is COc1ccc2[nH]cc(CCNc3nc(C)nc4ncccc34)c2c1. The van der Waals surface area contributed by atoms with Gasteiger partial charge in [0, 0.05) is 29.8 Å². The van der Waals surface area contributed by atoms with Crippen LogP contribution in [0.15, 0.2) is 42.7 Å². The number of ether oxygens (including phenoxy) is 1. The summed E-state index contributed by atoms with van der Waals surface area (Å²) in [4.78, 5) is 16.5. The minimum absolute atomic E-state index is 0.713. The highest BCUT2D eigenvalue weighted by Crippen LogP contribution is 2.24. The average molecular weight is 333 g/mol. The number of fused-ring (bicyclic) bond motifs is 2. The van der Waals surface area contributed by atoms with E-state index in [-0.39, 0.29) is 0 Å². The molecule has 126 valence electrons. The van der Waals surface area contributed by atoms with Crippen LogP contribution in [0.3, 0.4) is 0 Å². The van der Waals surface area contributed by atoms with Crippen molar-refractivity contribution in [1.29, 1.82) is 0 Å². The Bertz CT molecular complexity index is 1040. The zero-order valence-electron chi connectivity index (χ0n) is 14.2. The summed E-state index contributed by atoms with van der Waals surface area (Å²) in [5.41, 5.74) is 3.08. The van der Waals surface area contributed by atoms with Crippen LogP contribution < -0.4 is 10.1 Å². The molecule has 0 aliphatic rings. The normalized spacial score (nSPS) is 11.1. The number of methoxy groups -OCH3 is 1. The summed E-state index contributed by atoms with van der Waals surface area (Å²) in [5, 5.41) is 5.55. The highest BCUT2D eigenvalue weighted by atomic mass is 16.5. The van der Waals surface area contributed by atoms with Crippen LogP contribution in [0.25, 0.3) is 21.9 Å². The first kappa shape index (κ1) is 15.4. The summed E-state index contributed by atoms with van der Waals surface area (Å²) >= 11 is 0. The van der Waals surface area contributed by atoms with Crippen molar-refractivity contribution in [3.8, 4) is 5.75 Å². The van der Waals surface area contributed by atoms with E-state index in [0.717, 1.165) is 35.4 Å². The molecule has 0 unspecified atom stereocenters. The third-order valence-corrected chi connectivity index (χ3v) is 4.24. The Balaban J connectivity index is 1.55. The first-order valence-corrected chi connectivity index (χ1v) is 8.22. The summed E-state index contributed by atoms with van der Waals surface area (Å²) in [6.07, 6.45) is 4.67. The second-order valence-electron chi connectivity index (χ2n) is 5.90. The molecule has 2 N–H and O–H groups in total. The topological polar surface area (TPSA) is 75.7 Å². The molecule has 0 fully saturated rings. The van der Waals surface area contributed by atoms with Crippen molar-refractivity contribution in [2.24, 2.45) is 0 Å². The minimum Gasteiger partial charge on any atom is -0.497 e. The largest absolute Gasteiger partial charge is 0.497 e. The van der Waals surface area contributed by atoms with E-state index in [1.165, 1.54) is 10.9 Å².